The molecule has 0 spiro atoms. The fourth-order valence-corrected chi connectivity index (χ4v) is 2.97. The van der Waals surface area contributed by atoms with E-state index in [1.807, 2.05) is 6.08 Å². The Hall–Kier alpha value is -1.40. The molecule has 0 aromatic heterocycles. The minimum atomic E-state index is -2.15. The number of cyclic esters (lactones) is 1. The van der Waals surface area contributed by atoms with Crippen molar-refractivity contribution in [2.45, 2.75) is 71.4 Å². The van der Waals surface area contributed by atoms with Gasteiger partial charge in [-0.3, -0.25) is 4.79 Å². The summed E-state index contributed by atoms with van der Waals surface area (Å²) < 4.78 is 11.5. The Bertz CT molecular complexity index is 526. The van der Waals surface area contributed by atoms with Gasteiger partial charge in [-0.1, -0.05) is 46.3 Å². The van der Waals surface area contributed by atoms with Gasteiger partial charge in [0.1, 0.15) is 0 Å². The quantitative estimate of drug-likeness (QED) is 0.560. The average Bonchev–Trinajstić information content (AvgIpc) is 2.64. The third-order valence-electron chi connectivity index (χ3n) is 4.35. The van der Waals surface area contributed by atoms with E-state index in [9.17, 15) is 9.59 Å². The number of unbranched alkanes of at least 4 members (excludes halogenated alkanes) is 1. The summed E-state index contributed by atoms with van der Waals surface area (Å²) in [7, 11) is -2.15. The van der Waals surface area contributed by atoms with Crippen LogP contribution in [0.1, 0.15) is 47.0 Å². The van der Waals surface area contributed by atoms with Crippen LogP contribution in [0.5, 0.6) is 0 Å². The van der Waals surface area contributed by atoms with Gasteiger partial charge in [0.15, 0.2) is 8.32 Å². The molecule has 0 aromatic rings. The number of carbonyl (C=O) groups is 2. The summed E-state index contributed by atoms with van der Waals surface area (Å²) in [5.74, 6) is -1.64. The number of ether oxygens (including phenoxy) is 1. The van der Waals surface area contributed by atoms with Crippen LogP contribution in [-0.2, 0) is 18.8 Å². The van der Waals surface area contributed by atoms with E-state index in [0.29, 0.717) is 5.57 Å². The SMILES string of the molecule is CCC/C=C/C1=C(CC(=O)O)C(=O)OC1O[Si](C)(C)C(C)(C)C. The van der Waals surface area contributed by atoms with Crippen LogP contribution < -0.4 is 0 Å². The van der Waals surface area contributed by atoms with Gasteiger partial charge in [0.2, 0.25) is 6.29 Å². The summed E-state index contributed by atoms with van der Waals surface area (Å²) in [4.78, 5) is 23.1. The maximum absolute atomic E-state index is 12.1. The maximum atomic E-state index is 12.1. The smallest absolute Gasteiger partial charge is 0.337 e. The molecule has 0 saturated heterocycles. The molecule has 1 heterocycles. The Morgan fingerprint density at radius 3 is 2.48 bits per heavy atom. The molecule has 1 rings (SSSR count). The molecule has 1 N–H and O–H groups in total. The van der Waals surface area contributed by atoms with Gasteiger partial charge >= 0.3 is 11.9 Å². The summed E-state index contributed by atoms with van der Waals surface area (Å²) >= 11 is 0. The molecule has 0 radical (unpaired) electrons. The largest absolute Gasteiger partial charge is 0.481 e. The summed E-state index contributed by atoms with van der Waals surface area (Å²) in [6, 6.07) is 0. The number of aliphatic carboxylic acids is 1. The van der Waals surface area contributed by atoms with Crippen LogP contribution in [0.15, 0.2) is 23.3 Å². The molecule has 6 heteroatoms. The fraction of sp³-hybridized carbons (Fsp3) is 0.647. The molecular formula is C17H28O5Si. The Kier molecular flexibility index (Phi) is 6.36. The predicted octanol–water partition coefficient (Wildman–Crippen LogP) is 4.02. The third kappa shape index (κ3) is 5.04. The Balaban J connectivity index is 3.13. The van der Waals surface area contributed by atoms with Crippen LogP contribution in [0.2, 0.25) is 18.1 Å². The van der Waals surface area contributed by atoms with Crippen molar-refractivity contribution in [3.63, 3.8) is 0 Å². The lowest BCUT2D eigenvalue weighted by Crippen LogP contribution is -2.44. The van der Waals surface area contributed by atoms with E-state index in [0.717, 1.165) is 12.8 Å². The lowest BCUT2D eigenvalue weighted by Gasteiger charge is -2.38. The number of hydrogen-bond acceptors (Lipinski definition) is 4. The second-order valence-corrected chi connectivity index (χ2v) is 12.1. The molecule has 0 aromatic carbocycles. The first kappa shape index (κ1) is 19.6. The third-order valence-corrected chi connectivity index (χ3v) is 8.77. The van der Waals surface area contributed by atoms with Gasteiger partial charge in [-0.15, -0.1) is 0 Å². The van der Waals surface area contributed by atoms with Crippen LogP contribution in [-0.4, -0.2) is 31.7 Å². The van der Waals surface area contributed by atoms with E-state index in [2.05, 4.69) is 40.8 Å². The van der Waals surface area contributed by atoms with Crippen LogP contribution in [0.25, 0.3) is 0 Å². The molecule has 0 amide bonds. The number of allylic oxidation sites excluding steroid dienone is 1. The standard InChI is InChI=1S/C17H28O5Si/c1-7-8-9-10-12-13(11-14(18)19)15(20)21-16(12)22-23(5,6)17(2,3)4/h9-10,16H,7-8,11H2,1-6H3,(H,18,19)/b10-9+. The molecule has 130 valence electrons. The zero-order chi connectivity index (χ0) is 17.8. The van der Waals surface area contributed by atoms with Crippen molar-refractivity contribution in [1.82, 2.24) is 0 Å². The minimum Gasteiger partial charge on any atom is -0.481 e. The van der Waals surface area contributed by atoms with Crippen molar-refractivity contribution in [2.24, 2.45) is 0 Å². The van der Waals surface area contributed by atoms with E-state index < -0.39 is 26.5 Å². The van der Waals surface area contributed by atoms with E-state index in [-0.39, 0.29) is 17.0 Å². The molecule has 1 unspecified atom stereocenters. The van der Waals surface area contributed by atoms with Crippen molar-refractivity contribution in [3.8, 4) is 0 Å². The molecule has 0 aliphatic carbocycles. The van der Waals surface area contributed by atoms with Gasteiger partial charge in [0.05, 0.1) is 12.0 Å². The lowest BCUT2D eigenvalue weighted by molar-refractivity contribution is -0.151. The fourth-order valence-electron chi connectivity index (χ4n) is 1.91. The molecule has 0 bridgehead atoms. The summed E-state index contributed by atoms with van der Waals surface area (Å²) in [6.07, 6.45) is 4.39. The normalized spacial score (nSPS) is 19.6. The zero-order valence-corrected chi connectivity index (χ0v) is 15.9. The van der Waals surface area contributed by atoms with Crippen LogP contribution in [0.3, 0.4) is 0 Å². The molecule has 1 aliphatic rings. The summed E-state index contributed by atoms with van der Waals surface area (Å²) in [5.41, 5.74) is 0.740. The average molecular weight is 340 g/mol. The second-order valence-electron chi connectivity index (χ2n) is 7.31. The van der Waals surface area contributed by atoms with Crippen molar-refractivity contribution in [3.05, 3.63) is 23.3 Å². The van der Waals surface area contributed by atoms with Gasteiger partial charge in [-0.2, -0.15) is 0 Å². The molecular weight excluding hydrogens is 312 g/mol. The predicted molar refractivity (Wildman–Crippen MR) is 91.5 cm³/mol. The number of carboxylic acids is 1. The first-order chi connectivity index (χ1) is 10.5. The monoisotopic (exact) mass is 340 g/mol. The first-order valence-electron chi connectivity index (χ1n) is 7.99. The maximum Gasteiger partial charge on any atom is 0.337 e. The minimum absolute atomic E-state index is 0.0345. The van der Waals surface area contributed by atoms with Gasteiger partial charge in [0, 0.05) is 5.57 Å². The second kappa shape index (κ2) is 7.44. The van der Waals surface area contributed by atoms with E-state index in [1.165, 1.54) is 0 Å². The summed E-state index contributed by atoms with van der Waals surface area (Å²) in [5, 5.41) is 9.00. The first-order valence-corrected chi connectivity index (χ1v) is 10.9. The topological polar surface area (TPSA) is 72.8 Å². The Morgan fingerprint density at radius 2 is 2.00 bits per heavy atom. The summed E-state index contributed by atoms with van der Waals surface area (Å²) in [6.45, 7) is 12.5. The van der Waals surface area contributed by atoms with Gasteiger partial charge in [-0.25, -0.2) is 4.79 Å². The van der Waals surface area contributed by atoms with Crippen molar-refractivity contribution in [1.29, 1.82) is 0 Å². The molecule has 1 aliphatic heterocycles. The number of carbonyl (C=O) groups excluding carboxylic acids is 1. The van der Waals surface area contributed by atoms with Crippen molar-refractivity contribution >= 4 is 20.3 Å². The van der Waals surface area contributed by atoms with Crippen LogP contribution >= 0.6 is 0 Å². The van der Waals surface area contributed by atoms with Crippen LogP contribution in [0, 0.1) is 0 Å². The molecule has 0 fully saturated rings. The highest BCUT2D eigenvalue weighted by Gasteiger charge is 2.44. The van der Waals surface area contributed by atoms with Crippen molar-refractivity contribution in [2.75, 3.05) is 0 Å². The molecule has 23 heavy (non-hydrogen) atoms. The highest BCUT2D eigenvalue weighted by molar-refractivity contribution is 6.74. The molecule has 0 saturated carbocycles. The van der Waals surface area contributed by atoms with Gasteiger partial charge in [0.25, 0.3) is 0 Å². The number of hydrogen-bond donors (Lipinski definition) is 1. The van der Waals surface area contributed by atoms with E-state index in [1.54, 1.807) is 6.08 Å². The Labute approximate surface area is 139 Å². The van der Waals surface area contributed by atoms with Crippen LogP contribution in [0.4, 0.5) is 0 Å². The molecule has 5 nitrogen and oxygen atoms in total. The number of rotatable bonds is 7. The highest BCUT2D eigenvalue weighted by Crippen LogP contribution is 2.40. The lowest BCUT2D eigenvalue weighted by atomic mass is 10.1. The molecule has 1 atom stereocenters. The number of carboxylic acid groups (broad SMARTS) is 1. The number of esters is 1. The van der Waals surface area contributed by atoms with E-state index >= 15 is 0 Å². The van der Waals surface area contributed by atoms with Gasteiger partial charge < -0.3 is 14.3 Å². The zero-order valence-electron chi connectivity index (χ0n) is 14.9. The van der Waals surface area contributed by atoms with E-state index in [4.69, 9.17) is 14.3 Å². The van der Waals surface area contributed by atoms with Crippen molar-refractivity contribution < 1.29 is 23.9 Å². The highest BCUT2D eigenvalue weighted by atomic mass is 28.4. The Morgan fingerprint density at radius 1 is 1.39 bits per heavy atom. The van der Waals surface area contributed by atoms with Gasteiger partial charge in [-0.05, 0) is 24.6 Å².